The van der Waals surface area contributed by atoms with Gasteiger partial charge < -0.3 is 10.2 Å². The number of pyridine rings is 2. The van der Waals surface area contributed by atoms with Crippen LogP contribution in [0, 0.1) is 18.6 Å². The van der Waals surface area contributed by atoms with Crippen LogP contribution in [0.2, 0.25) is 5.02 Å². The number of rotatable bonds is 3. The molecule has 1 amide bonds. The molecule has 1 aliphatic rings. The molecule has 32 heavy (non-hydrogen) atoms. The lowest BCUT2D eigenvalue weighted by Crippen LogP contribution is -2.40. The van der Waals surface area contributed by atoms with Crippen molar-refractivity contribution in [1.29, 1.82) is 0 Å². The summed E-state index contributed by atoms with van der Waals surface area (Å²) in [5.41, 5.74) is -0.134. The van der Waals surface area contributed by atoms with Gasteiger partial charge in [-0.15, -0.1) is 0 Å². The highest BCUT2D eigenvalue weighted by Gasteiger charge is 2.39. The molecule has 0 fully saturated rings. The van der Waals surface area contributed by atoms with Crippen LogP contribution >= 0.6 is 11.6 Å². The lowest BCUT2D eigenvalue weighted by molar-refractivity contribution is -0.137. The summed E-state index contributed by atoms with van der Waals surface area (Å²) in [6.07, 6.45) is -1.61. The predicted molar refractivity (Wildman–Crippen MR) is 108 cm³/mol. The molecule has 1 atom stereocenters. The smallest absolute Gasteiger partial charge is 0.322 e. The van der Waals surface area contributed by atoms with E-state index >= 15 is 0 Å². The molecule has 0 radical (unpaired) electrons. The van der Waals surface area contributed by atoms with Crippen LogP contribution in [0.4, 0.5) is 39.1 Å². The number of hydrogen-bond donors (Lipinski definition) is 1. The summed E-state index contributed by atoms with van der Waals surface area (Å²) in [6.45, 7) is 1.41. The number of hydrogen-bond acceptors (Lipinski definition) is 4. The van der Waals surface area contributed by atoms with E-state index in [-0.39, 0.29) is 23.6 Å². The highest BCUT2D eigenvalue weighted by molar-refractivity contribution is 6.31. The summed E-state index contributed by atoms with van der Waals surface area (Å²) in [5, 5.41) is 1.94. The first kappa shape index (κ1) is 21.9. The van der Waals surface area contributed by atoms with Crippen molar-refractivity contribution < 1.29 is 26.7 Å². The lowest BCUT2D eigenvalue weighted by Gasteiger charge is -2.26. The predicted octanol–water partition coefficient (Wildman–Crippen LogP) is 5.44. The van der Waals surface area contributed by atoms with Crippen LogP contribution in [0.15, 0.2) is 42.7 Å². The Balaban J connectivity index is 1.75. The molecule has 2 aromatic heterocycles. The first-order valence-electron chi connectivity index (χ1n) is 9.28. The Bertz CT molecular complexity index is 1220. The van der Waals surface area contributed by atoms with Crippen molar-refractivity contribution in [2.24, 2.45) is 0 Å². The van der Waals surface area contributed by atoms with Gasteiger partial charge in [-0.2, -0.15) is 13.2 Å². The number of benzene rings is 1. The van der Waals surface area contributed by atoms with Crippen LogP contribution in [-0.2, 0) is 17.4 Å². The van der Waals surface area contributed by atoms with Gasteiger partial charge in [0.25, 0.3) is 0 Å². The number of alkyl halides is 3. The summed E-state index contributed by atoms with van der Waals surface area (Å²) < 4.78 is 67.7. The van der Waals surface area contributed by atoms with Crippen molar-refractivity contribution in [3.8, 4) is 0 Å². The number of aryl methyl sites for hydroxylation is 1. The molecule has 0 aliphatic carbocycles. The molecule has 4 rings (SSSR count). The number of fused-ring (bicyclic) bond motifs is 1. The molecular weight excluding hydrogens is 455 g/mol. The molecule has 1 aliphatic heterocycles. The molecule has 0 spiro atoms. The van der Waals surface area contributed by atoms with Crippen LogP contribution in [0.25, 0.3) is 0 Å². The number of carbonyl (C=O) groups excluding carboxylic acids is 1. The van der Waals surface area contributed by atoms with Crippen molar-refractivity contribution in [1.82, 2.24) is 9.97 Å². The fraction of sp³-hybridized carbons (Fsp3) is 0.190. The molecule has 5 nitrogen and oxygen atoms in total. The first-order chi connectivity index (χ1) is 15.0. The van der Waals surface area contributed by atoms with Gasteiger partial charge in [-0.3, -0.25) is 9.78 Å². The zero-order chi connectivity index (χ0) is 23.2. The molecule has 1 aromatic carbocycles. The molecular formula is C21H14ClF5N4O. The standard InChI is InChI=1S/C21H14ClF5N4O/c1-10-4-12(21(25,26)27)6-19(29-10)31-17(5-11-2-3-28-9-18(11)31)20(32)30-16-7-13(22)14(23)8-15(16)24/h2-4,6-9,17H,5H2,1H3,(H,30,32). The Kier molecular flexibility index (Phi) is 5.49. The zero-order valence-corrected chi connectivity index (χ0v) is 17.1. The topological polar surface area (TPSA) is 58.1 Å². The van der Waals surface area contributed by atoms with Gasteiger partial charge in [0.1, 0.15) is 23.5 Å². The fourth-order valence-electron chi connectivity index (χ4n) is 3.54. The van der Waals surface area contributed by atoms with Gasteiger partial charge in [-0.25, -0.2) is 13.8 Å². The molecule has 3 aromatic rings. The van der Waals surface area contributed by atoms with Crippen LogP contribution < -0.4 is 10.2 Å². The monoisotopic (exact) mass is 468 g/mol. The van der Waals surface area contributed by atoms with E-state index in [1.807, 2.05) is 0 Å². The third-order valence-corrected chi connectivity index (χ3v) is 5.25. The normalized spacial score (nSPS) is 15.6. The van der Waals surface area contributed by atoms with Crippen molar-refractivity contribution >= 4 is 34.7 Å². The van der Waals surface area contributed by atoms with Gasteiger partial charge in [-0.1, -0.05) is 11.6 Å². The Morgan fingerprint density at radius 1 is 1.19 bits per heavy atom. The van der Waals surface area contributed by atoms with Gasteiger partial charge >= 0.3 is 6.18 Å². The number of anilines is 3. The van der Waals surface area contributed by atoms with Gasteiger partial charge in [-0.05, 0) is 36.8 Å². The SMILES string of the molecule is Cc1cc(C(F)(F)F)cc(N2c3cnccc3CC2C(=O)Nc2cc(Cl)c(F)cc2F)n1. The van der Waals surface area contributed by atoms with Crippen molar-refractivity contribution in [3.63, 3.8) is 0 Å². The Morgan fingerprint density at radius 3 is 2.66 bits per heavy atom. The fourth-order valence-corrected chi connectivity index (χ4v) is 3.70. The molecule has 0 bridgehead atoms. The summed E-state index contributed by atoms with van der Waals surface area (Å²) in [4.78, 5) is 22.6. The van der Waals surface area contributed by atoms with E-state index in [1.165, 1.54) is 24.2 Å². The van der Waals surface area contributed by atoms with E-state index in [0.29, 0.717) is 17.3 Å². The second-order valence-electron chi connectivity index (χ2n) is 7.18. The van der Waals surface area contributed by atoms with Gasteiger partial charge in [0, 0.05) is 24.4 Å². The quantitative estimate of drug-likeness (QED) is 0.411. The van der Waals surface area contributed by atoms with E-state index in [9.17, 15) is 26.7 Å². The average Bonchev–Trinajstić information content (AvgIpc) is 3.10. The second kappa shape index (κ2) is 8.01. The van der Waals surface area contributed by atoms with Gasteiger partial charge in [0.2, 0.25) is 5.91 Å². The highest BCUT2D eigenvalue weighted by Crippen LogP contribution is 2.40. The maximum absolute atomic E-state index is 14.1. The maximum atomic E-state index is 14.1. The number of halogens is 6. The number of amides is 1. The van der Waals surface area contributed by atoms with E-state index < -0.39 is 40.3 Å². The summed E-state index contributed by atoms with van der Waals surface area (Å²) in [6, 6.07) is 3.75. The summed E-state index contributed by atoms with van der Waals surface area (Å²) in [7, 11) is 0. The zero-order valence-electron chi connectivity index (χ0n) is 16.3. The van der Waals surface area contributed by atoms with Gasteiger partial charge in [0.05, 0.1) is 28.2 Å². The minimum absolute atomic E-state index is 0.0997. The highest BCUT2D eigenvalue weighted by atomic mass is 35.5. The minimum atomic E-state index is -4.62. The number of nitrogens with one attached hydrogen (secondary N) is 1. The minimum Gasteiger partial charge on any atom is -0.322 e. The summed E-state index contributed by atoms with van der Waals surface area (Å²) in [5.74, 6) is -2.88. The van der Waals surface area contributed by atoms with Crippen LogP contribution in [0.5, 0.6) is 0 Å². The van der Waals surface area contributed by atoms with E-state index in [4.69, 9.17) is 11.6 Å². The number of carbonyl (C=O) groups is 1. The van der Waals surface area contributed by atoms with Crippen LogP contribution in [-0.4, -0.2) is 21.9 Å². The Hall–Kier alpha value is -3.27. The molecule has 1 N–H and O–H groups in total. The molecule has 0 saturated carbocycles. The third kappa shape index (κ3) is 4.10. The number of aromatic nitrogens is 2. The maximum Gasteiger partial charge on any atom is 0.416 e. The van der Waals surface area contributed by atoms with E-state index in [2.05, 4.69) is 15.3 Å². The Morgan fingerprint density at radius 2 is 1.94 bits per heavy atom. The van der Waals surface area contributed by atoms with Gasteiger partial charge in [0.15, 0.2) is 0 Å². The molecule has 166 valence electrons. The summed E-state index contributed by atoms with van der Waals surface area (Å²) >= 11 is 5.68. The van der Waals surface area contributed by atoms with Crippen molar-refractivity contribution in [2.75, 3.05) is 10.2 Å². The third-order valence-electron chi connectivity index (χ3n) is 4.96. The second-order valence-corrected chi connectivity index (χ2v) is 7.59. The first-order valence-corrected chi connectivity index (χ1v) is 9.66. The van der Waals surface area contributed by atoms with Crippen LogP contribution in [0.1, 0.15) is 16.8 Å². The Labute approximate surface area is 183 Å². The van der Waals surface area contributed by atoms with E-state index in [1.54, 1.807) is 6.07 Å². The van der Waals surface area contributed by atoms with E-state index in [0.717, 1.165) is 18.2 Å². The molecule has 11 heteroatoms. The number of nitrogens with zero attached hydrogens (tertiary/aromatic N) is 3. The largest absolute Gasteiger partial charge is 0.416 e. The van der Waals surface area contributed by atoms with Crippen LogP contribution in [0.3, 0.4) is 0 Å². The molecule has 1 unspecified atom stereocenters. The molecule has 3 heterocycles. The lowest BCUT2D eigenvalue weighted by atomic mass is 10.1. The van der Waals surface area contributed by atoms with Crippen molar-refractivity contribution in [3.05, 3.63) is 76.2 Å². The van der Waals surface area contributed by atoms with Crippen molar-refractivity contribution in [2.45, 2.75) is 25.6 Å². The molecule has 0 saturated heterocycles. The average molecular weight is 469 g/mol.